The van der Waals surface area contributed by atoms with Crippen molar-refractivity contribution in [2.24, 2.45) is 5.92 Å². The van der Waals surface area contributed by atoms with Crippen LogP contribution >= 0.6 is 23.4 Å². The average molecular weight is 313 g/mol. The van der Waals surface area contributed by atoms with Crippen LogP contribution in [0.15, 0.2) is 23.1 Å². The summed E-state index contributed by atoms with van der Waals surface area (Å²) in [6.07, 6.45) is 0.186. The molecule has 0 spiro atoms. The van der Waals surface area contributed by atoms with E-state index in [4.69, 9.17) is 11.6 Å². The van der Waals surface area contributed by atoms with Gasteiger partial charge in [0.25, 0.3) is 0 Å². The number of nitrogens with one attached hydrogen (secondary N) is 2. The van der Waals surface area contributed by atoms with Crippen LogP contribution in [0, 0.1) is 5.92 Å². The van der Waals surface area contributed by atoms with Gasteiger partial charge in [-0.15, -0.1) is 11.8 Å². The van der Waals surface area contributed by atoms with Gasteiger partial charge >= 0.3 is 0 Å². The van der Waals surface area contributed by atoms with E-state index in [2.05, 4.69) is 10.6 Å². The van der Waals surface area contributed by atoms with Crippen molar-refractivity contribution in [3.8, 4) is 0 Å². The van der Waals surface area contributed by atoms with Crippen LogP contribution in [0.3, 0.4) is 0 Å². The maximum Gasteiger partial charge on any atom is 0.238 e. The van der Waals surface area contributed by atoms with Crippen molar-refractivity contribution in [1.29, 1.82) is 0 Å². The minimum atomic E-state index is -0.393. The fourth-order valence-corrected chi connectivity index (χ4v) is 3.08. The second-order valence-corrected chi connectivity index (χ2v) is 6.82. The van der Waals surface area contributed by atoms with Crippen molar-refractivity contribution in [3.05, 3.63) is 23.2 Å². The summed E-state index contributed by atoms with van der Waals surface area (Å²) in [5.41, 5.74) is 0.714. The molecule has 0 saturated heterocycles. The molecule has 1 unspecified atom stereocenters. The lowest BCUT2D eigenvalue weighted by molar-refractivity contribution is -0.124. The molecule has 2 amide bonds. The van der Waals surface area contributed by atoms with Gasteiger partial charge in [-0.25, -0.2) is 0 Å². The number of halogens is 1. The zero-order valence-electron chi connectivity index (χ0n) is 11.4. The SMILES string of the molecule is CC(C)CNC(=O)CC1Sc2ccc(Cl)cc2NC1=O. The number of hydrogen-bond donors (Lipinski definition) is 2. The van der Waals surface area contributed by atoms with Crippen molar-refractivity contribution in [2.75, 3.05) is 11.9 Å². The van der Waals surface area contributed by atoms with E-state index in [-0.39, 0.29) is 18.2 Å². The van der Waals surface area contributed by atoms with Crippen LogP contribution in [0.1, 0.15) is 20.3 Å². The standard InChI is InChI=1S/C14H17ClN2O2S/c1-8(2)7-16-13(18)6-12-14(19)17-10-5-9(15)3-4-11(10)20-12/h3-5,8,12H,6-7H2,1-2H3,(H,16,18)(H,17,19). The highest BCUT2D eigenvalue weighted by molar-refractivity contribution is 8.01. The van der Waals surface area contributed by atoms with Crippen LogP contribution in [0.4, 0.5) is 5.69 Å². The Morgan fingerprint density at radius 1 is 1.50 bits per heavy atom. The lowest BCUT2D eigenvalue weighted by Gasteiger charge is -2.24. The van der Waals surface area contributed by atoms with Gasteiger partial charge in [0.1, 0.15) is 0 Å². The summed E-state index contributed by atoms with van der Waals surface area (Å²) < 4.78 is 0. The molecule has 0 aliphatic carbocycles. The third-order valence-electron chi connectivity index (χ3n) is 2.84. The fraction of sp³-hybridized carbons (Fsp3) is 0.429. The normalized spacial score (nSPS) is 17.6. The first kappa shape index (κ1) is 15.2. The molecule has 0 bridgehead atoms. The lowest BCUT2D eigenvalue weighted by Crippen LogP contribution is -2.36. The van der Waals surface area contributed by atoms with E-state index in [1.165, 1.54) is 11.8 Å². The van der Waals surface area contributed by atoms with Crippen LogP contribution in [-0.2, 0) is 9.59 Å². The zero-order chi connectivity index (χ0) is 14.7. The third-order valence-corrected chi connectivity index (χ3v) is 4.35. The molecule has 20 heavy (non-hydrogen) atoms. The highest BCUT2D eigenvalue weighted by atomic mass is 35.5. The molecule has 4 nitrogen and oxygen atoms in total. The van der Waals surface area contributed by atoms with Crippen LogP contribution in [-0.4, -0.2) is 23.6 Å². The molecular weight excluding hydrogens is 296 g/mol. The summed E-state index contributed by atoms with van der Waals surface area (Å²) in [7, 11) is 0. The zero-order valence-corrected chi connectivity index (χ0v) is 13.0. The van der Waals surface area contributed by atoms with Crippen LogP contribution in [0.2, 0.25) is 5.02 Å². The van der Waals surface area contributed by atoms with Gasteiger partial charge in [-0.2, -0.15) is 0 Å². The highest BCUT2D eigenvalue weighted by Gasteiger charge is 2.29. The monoisotopic (exact) mass is 312 g/mol. The Labute approximate surface area is 127 Å². The van der Waals surface area contributed by atoms with Crippen molar-refractivity contribution in [2.45, 2.75) is 30.4 Å². The summed E-state index contributed by atoms with van der Waals surface area (Å²) >= 11 is 7.30. The van der Waals surface area contributed by atoms with E-state index in [1.54, 1.807) is 12.1 Å². The molecule has 0 radical (unpaired) electrons. The third kappa shape index (κ3) is 3.90. The quantitative estimate of drug-likeness (QED) is 0.898. The molecule has 2 N–H and O–H groups in total. The Hall–Kier alpha value is -1.20. The Kier molecular flexibility index (Phi) is 4.94. The number of amides is 2. The van der Waals surface area contributed by atoms with Gasteiger partial charge in [0.05, 0.1) is 10.9 Å². The molecule has 1 atom stereocenters. The first-order chi connectivity index (χ1) is 9.45. The van der Waals surface area contributed by atoms with Gasteiger partial charge in [0, 0.05) is 22.9 Å². The number of fused-ring (bicyclic) bond motifs is 1. The number of carbonyl (C=O) groups excluding carboxylic acids is 2. The predicted octanol–water partition coefficient (Wildman–Crippen LogP) is 2.92. The summed E-state index contributed by atoms with van der Waals surface area (Å²) in [5.74, 6) is 0.155. The number of rotatable bonds is 4. The Morgan fingerprint density at radius 3 is 2.95 bits per heavy atom. The van der Waals surface area contributed by atoms with Gasteiger partial charge in [-0.3, -0.25) is 9.59 Å². The minimum absolute atomic E-state index is 0.0937. The molecule has 1 aromatic rings. The van der Waals surface area contributed by atoms with Crippen molar-refractivity contribution in [1.82, 2.24) is 5.32 Å². The molecule has 108 valence electrons. The van der Waals surface area contributed by atoms with Crippen molar-refractivity contribution >= 4 is 40.9 Å². The number of benzene rings is 1. The van der Waals surface area contributed by atoms with Crippen molar-refractivity contribution in [3.63, 3.8) is 0 Å². The molecule has 0 saturated carbocycles. The Balaban J connectivity index is 1.99. The van der Waals surface area contributed by atoms with Crippen molar-refractivity contribution < 1.29 is 9.59 Å². The molecule has 1 aliphatic heterocycles. The van der Waals surface area contributed by atoms with Crippen LogP contribution in [0.25, 0.3) is 0 Å². The van der Waals surface area contributed by atoms with Crippen LogP contribution < -0.4 is 10.6 Å². The average Bonchev–Trinajstić information content (AvgIpc) is 2.37. The van der Waals surface area contributed by atoms with Gasteiger partial charge in [-0.05, 0) is 24.1 Å². The molecular formula is C14H17ClN2O2S. The minimum Gasteiger partial charge on any atom is -0.356 e. The molecule has 1 heterocycles. The van der Waals surface area contributed by atoms with Gasteiger partial charge < -0.3 is 10.6 Å². The lowest BCUT2D eigenvalue weighted by atomic mass is 10.2. The van der Waals surface area contributed by atoms with Gasteiger partial charge in [0.15, 0.2) is 0 Å². The van der Waals surface area contributed by atoms with E-state index in [1.807, 2.05) is 19.9 Å². The van der Waals surface area contributed by atoms with E-state index in [9.17, 15) is 9.59 Å². The maximum atomic E-state index is 12.0. The first-order valence-corrected chi connectivity index (χ1v) is 7.75. The summed E-state index contributed by atoms with van der Waals surface area (Å²) in [6, 6.07) is 5.36. The predicted molar refractivity (Wildman–Crippen MR) is 82.2 cm³/mol. The molecule has 6 heteroatoms. The summed E-state index contributed by atoms with van der Waals surface area (Å²) in [5, 5.41) is 5.81. The smallest absolute Gasteiger partial charge is 0.238 e. The summed E-state index contributed by atoms with van der Waals surface area (Å²) in [6.45, 7) is 4.69. The topological polar surface area (TPSA) is 58.2 Å². The maximum absolute atomic E-state index is 12.0. The van der Waals surface area contributed by atoms with Gasteiger partial charge in [-0.1, -0.05) is 25.4 Å². The number of carbonyl (C=O) groups is 2. The van der Waals surface area contributed by atoms with E-state index in [0.717, 1.165) is 4.90 Å². The number of hydrogen-bond acceptors (Lipinski definition) is 3. The van der Waals surface area contributed by atoms with E-state index in [0.29, 0.717) is 23.2 Å². The first-order valence-electron chi connectivity index (χ1n) is 6.49. The molecule has 2 rings (SSSR count). The molecule has 0 fully saturated rings. The van der Waals surface area contributed by atoms with Crippen LogP contribution in [0.5, 0.6) is 0 Å². The number of thioether (sulfide) groups is 1. The van der Waals surface area contributed by atoms with Gasteiger partial charge in [0.2, 0.25) is 11.8 Å². The largest absolute Gasteiger partial charge is 0.356 e. The van der Waals surface area contributed by atoms with E-state index >= 15 is 0 Å². The molecule has 1 aliphatic rings. The van der Waals surface area contributed by atoms with E-state index < -0.39 is 5.25 Å². The Morgan fingerprint density at radius 2 is 2.25 bits per heavy atom. The fourth-order valence-electron chi connectivity index (χ4n) is 1.82. The molecule has 0 aromatic heterocycles. The highest BCUT2D eigenvalue weighted by Crippen LogP contribution is 2.38. The number of anilines is 1. The second-order valence-electron chi connectivity index (χ2n) is 5.14. The molecule has 1 aromatic carbocycles. The Bertz CT molecular complexity index is 534. The second kappa shape index (κ2) is 6.50. The summed E-state index contributed by atoms with van der Waals surface area (Å²) in [4.78, 5) is 24.7.